The lowest BCUT2D eigenvalue weighted by molar-refractivity contribution is -0.385. The molecule has 1 saturated heterocycles. The number of benzene rings is 1. The smallest absolute Gasteiger partial charge is 0.272 e. The second kappa shape index (κ2) is 4.80. The Hall–Kier alpha value is -1.13. The second-order valence-corrected chi connectivity index (χ2v) is 4.46. The molecule has 5 heteroatoms. The topological polar surface area (TPSA) is 55.2 Å². The first-order chi connectivity index (χ1) is 7.66. The van der Waals surface area contributed by atoms with Crippen LogP contribution in [0.3, 0.4) is 0 Å². The molecule has 1 unspecified atom stereocenters. The van der Waals surface area contributed by atoms with E-state index in [-0.39, 0.29) is 10.6 Å². The highest BCUT2D eigenvalue weighted by Gasteiger charge is 2.20. The third kappa shape index (κ3) is 2.51. The predicted octanol–water partition coefficient (Wildman–Crippen LogP) is 2.54. The van der Waals surface area contributed by atoms with E-state index in [0.717, 1.165) is 24.9 Å². The van der Waals surface area contributed by atoms with Crippen LogP contribution in [-0.2, 0) is 6.42 Å². The Morgan fingerprint density at radius 3 is 3.00 bits per heavy atom. The highest BCUT2D eigenvalue weighted by molar-refractivity contribution is 6.30. The summed E-state index contributed by atoms with van der Waals surface area (Å²) >= 11 is 5.86. The number of nitrogens with zero attached hydrogens (tertiary/aromatic N) is 1. The summed E-state index contributed by atoms with van der Waals surface area (Å²) in [5, 5.41) is 14.7. The zero-order valence-electron chi connectivity index (χ0n) is 8.78. The van der Waals surface area contributed by atoms with E-state index in [4.69, 9.17) is 11.6 Å². The van der Waals surface area contributed by atoms with Crippen LogP contribution in [0.2, 0.25) is 5.02 Å². The lowest BCUT2D eigenvalue weighted by Crippen LogP contribution is -2.24. The molecule has 1 N–H and O–H groups in total. The van der Waals surface area contributed by atoms with Crippen molar-refractivity contribution in [2.75, 3.05) is 6.54 Å². The van der Waals surface area contributed by atoms with Crippen molar-refractivity contribution in [1.29, 1.82) is 0 Å². The average molecular weight is 241 g/mol. The molecule has 1 aliphatic heterocycles. The first-order valence-corrected chi connectivity index (χ1v) is 5.71. The Kier molecular flexibility index (Phi) is 3.41. The van der Waals surface area contributed by atoms with E-state index in [1.807, 2.05) is 0 Å². The molecular formula is C11H13ClN2O2. The summed E-state index contributed by atoms with van der Waals surface area (Å²) in [6.07, 6.45) is 2.89. The monoisotopic (exact) mass is 240 g/mol. The molecule has 0 aromatic heterocycles. The van der Waals surface area contributed by atoms with E-state index in [0.29, 0.717) is 17.5 Å². The molecule has 0 radical (unpaired) electrons. The number of hydrogen-bond donors (Lipinski definition) is 1. The minimum Gasteiger partial charge on any atom is -0.314 e. The van der Waals surface area contributed by atoms with Gasteiger partial charge in [0.2, 0.25) is 0 Å². The molecule has 0 spiro atoms. The van der Waals surface area contributed by atoms with Gasteiger partial charge in [0.05, 0.1) is 4.92 Å². The summed E-state index contributed by atoms with van der Waals surface area (Å²) in [7, 11) is 0. The molecule has 0 bridgehead atoms. The third-order valence-corrected chi connectivity index (χ3v) is 3.10. The second-order valence-electron chi connectivity index (χ2n) is 4.03. The van der Waals surface area contributed by atoms with Gasteiger partial charge in [-0.1, -0.05) is 11.6 Å². The zero-order valence-corrected chi connectivity index (χ0v) is 9.54. The fourth-order valence-corrected chi connectivity index (χ4v) is 2.29. The van der Waals surface area contributed by atoms with E-state index >= 15 is 0 Å². The van der Waals surface area contributed by atoms with Gasteiger partial charge >= 0.3 is 0 Å². The van der Waals surface area contributed by atoms with Crippen molar-refractivity contribution in [2.24, 2.45) is 0 Å². The average Bonchev–Trinajstić information content (AvgIpc) is 2.70. The number of halogens is 1. The van der Waals surface area contributed by atoms with E-state index in [1.54, 1.807) is 12.1 Å². The van der Waals surface area contributed by atoms with E-state index in [2.05, 4.69) is 5.32 Å². The van der Waals surface area contributed by atoms with Crippen molar-refractivity contribution < 1.29 is 4.92 Å². The minimum absolute atomic E-state index is 0.165. The Balaban J connectivity index is 2.22. The lowest BCUT2D eigenvalue weighted by atomic mass is 10.0. The van der Waals surface area contributed by atoms with Crippen molar-refractivity contribution in [3.63, 3.8) is 0 Å². The van der Waals surface area contributed by atoms with Gasteiger partial charge in [-0.3, -0.25) is 10.1 Å². The Bertz CT molecular complexity index is 403. The Morgan fingerprint density at radius 2 is 2.38 bits per heavy atom. The van der Waals surface area contributed by atoms with Gasteiger partial charge in [-0.2, -0.15) is 0 Å². The molecule has 0 aliphatic carbocycles. The molecule has 1 atom stereocenters. The summed E-state index contributed by atoms with van der Waals surface area (Å²) in [6.45, 7) is 0.999. The van der Waals surface area contributed by atoms with Crippen LogP contribution in [0.25, 0.3) is 0 Å². The van der Waals surface area contributed by atoms with Gasteiger partial charge in [-0.25, -0.2) is 0 Å². The van der Waals surface area contributed by atoms with Crippen molar-refractivity contribution in [3.8, 4) is 0 Å². The zero-order chi connectivity index (χ0) is 11.5. The maximum absolute atomic E-state index is 10.8. The van der Waals surface area contributed by atoms with Crippen molar-refractivity contribution in [3.05, 3.63) is 38.9 Å². The van der Waals surface area contributed by atoms with Crippen LogP contribution < -0.4 is 5.32 Å². The standard InChI is InChI=1S/C11H13ClN2O2/c12-9-3-4-11(14(15)16)8(6-9)7-10-2-1-5-13-10/h3-4,6,10,13H,1-2,5,7H2. The van der Waals surface area contributed by atoms with Gasteiger partial charge in [0.25, 0.3) is 5.69 Å². The van der Waals surface area contributed by atoms with Crippen LogP contribution in [0, 0.1) is 10.1 Å². The van der Waals surface area contributed by atoms with Crippen LogP contribution in [0.5, 0.6) is 0 Å². The molecule has 1 aromatic carbocycles. The highest BCUT2D eigenvalue weighted by Crippen LogP contribution is 2.25. The molecule has 1 heterocycles. The van der Waals surface area contributed by atoms with E-state index < -0.39 is 0 Å². The highest BCUT2D eigenvalue weighted by atomic mass is 35.5. The first kappa shape index (κ1) is 11.4. The van der Waals surface area contributed by atoms with Crippen molar-refractivity contribution in [1.82, 2.24) is 5.32 Å². The van der Waals surface area contributed by atoms with Crippen molar-refractivity contribution in [2.45, 2.75) is 25.3 Å². The van der Waals surface area contributed by atoms with Crippen molar-refractivity contribution >= 4 is 17.3 Å². The summed E-state index contributed by atoms with van der Waals surface area (Å²) in [6, 6.07) is 5.08. The summed E-state index contributed by atoms with van der Waals surface area (Å²) < 4.78 is 0. The van der Waals surface area contributed by atoms with Crippen LogP contribution in [-0.4, -0.2) is 17.5 Å². The van der Waals surface area contributed by atoms with Gasteiger partial charge in [0.15, 0.2) is 0 Å². The summed E-state index contributed by atoms with van der Waals surface area (Å²) in [5.41, 5.74) is 0.884. The predicted molar refractivity (Wildman–Crippen MR) is 62.8 cm³/mol. The third-order valence-electron chi connectivity index (χ3n) is 2.87. The molecule has 0 amide bonds. The van der Waals surface area contributed by atoms with Gasteiger partial charge < -0.3 is 5.32 Å². The molecule has 2 rings (SSSR count). The number of nitro benzene ring substituents is 1. The Labute approximate surface area is 98.8 Å². The Morgan fingerprint density at radius 1 is 1.56 bits per heavy atom. The molecule has 0 saturated carbocycles. The SMILES string of the molecule is O=[N+]([O-])c1ccc(Cl)cc1CC1CCCN1. The maximum atomic E-state index is 10.8. The van der Waals surface area contributed by atoms with Gasteiger partial charge in [0.1, 0.15) is 0 Å². The van der Waals surface area contributed by atoms with Crippen LogP contribution in [0.1, 0.15) is 18.4 Å². The summed E-state index contributed by atoms with van der Waals surface area (Å²) in [5.74, 6) is 0. The fraction of sp³-hybridized carbons (Fsp3) is 0.455. The number of nitro groups is 1. The fourth-order valence-electron chi connectivity index (χ4n) is 2.09. The first-order valence-electron chi connectivity index (χ1n) is 5.33. The van der Waals surface area contributed by atoms with Crippen LogP contribution >= 0.6 is 11.6 Å². The summed E-state index contributed by atoms with van der Waals surface area (Å²) in [4.78, 5) is 10.5. The maximum Gasteiger partial charge on any atom is 0.272 e. The quantitative estimate of drug-likeness (QED) is 0.653. The normalized spacial score (nSPS) is 19.9. The number of nitrogens with one attached hydrogen (secondary N) is 1. The lowest BCUT2D eigenvalue weighted by Gasteiger charge is -2.10. The van der Waals surface area contributed by atoms with Gasteiger partial charge in [-0.05, 0) is 37.9 Å². The largest absolute Gasteiger partial charge is 0.314 e. The number of rotatable bonds is 3. The minimum atomic E-state index is -0.347. The van der Waals surface area contributed by atoms with Crippen LogP contribution in [0.4, 0.5) is 5.69 Å². The molecule has 4 nitrogen and oxygen atoms in total. The van der Waals surface area contributed by atoms with Crippen LogP contribution in [0.15, 0.2) is 18.2 Å². The molecule has 1 fully saturated rings. The van der Waals surface area contributed by atoms with E-state index in [1.165, 1.54) is 6.07 Å². The van der Waals surface area contributed by atoms with E-state index in [9.17, 15) is 10.1 Å². The molecule has 1 aliphatic rings. The van der Waals surface area contributed by atoms with Gasteiger partial charge in [-0.15, -0.1) is 0 Å². The van der Waals surface area contributed by atoms with Gasteiger partial charge in [0, 0.05) is 22.7 Å². The molecule has 86 valence electrons. The number of hydrogen-bond acceptors (Lipinski definition) is 3. The molecule has 1 aromatic rings. The molecule has 16 heavy (non-hydrogen) atoms. The molecular weight excluding hydrogens is 228 g/mol.